The average Bonchev–Trinajstić information content (AvgIpc) is 2.52. The molecule has 0 saturated heterocycles. The van der Waals surface area contributed by atoms with Crippen LogP contribution in [0.2, 0.25) is 0 Å². The number of nitriles is 2. The molecule has 0 saturated carbocycles. The molecule has 3 heteroatoms. The lowest BCUT2D eigenvalue weighted by atomic mass is 9.96. The third-order valence-corrected chi connectivity index (χ3v) is 2.92. The van der Waals surface area contributed by atoms with Gasteiger partial charge in [-0.05, 0) is 30.7 Å². The Balaban J connectivity index is 2.54. The fourth-order valence-electron chi connectivity index (χ4n) is 1.97. The molecule has 2 aromatic carbocycles. The fraction of sp³-hybridized carbons (Fsp3) is 0.176. The Labute approximate surface area is 118 Å². The lowest BCUT2D eigenvalue weighted by molar-refractivity contribution is 0.317. The van der Waals surface area contributed by atoms with Crippen molar-refractivity contribution in [3.05, 3.63) is 53.6 Å². The van der Waals surface area contributed by atoms with Gasteiger partial charge in [0.2, 0.25) is 0 Å². The van der Waals surface area contributed by atoms with Gasteiger partial charge in [-0.1, -0.05) is 25.1 Å². The minimum Gasteiger partial charge on any atom is -0.494 e. The highest BCUT2D eigenvalue weighted by Gasteiger charge is 2.10. The number of hydrogen-bond donors (Lipinski definition) is 0. The van der Waals surface area contributed by atoms with Gasteiger partial charge in [-0.25, -0.2) is 0 Å². The Kier molecular flexibility index (Phi) is 4.37. The summed E-state index contributed by atoms with van der Waals surface area (Å²) in [5, 5.41) is 18.4. The number of benzene rings is 2. The zero-order valence-electron chi connectivity index (χ0n) is 11.3. The van der Waals surface area contributed by atoms with Crippen LogP contribution in [-0.2, 0) is 0 Å². The lowest BCUT2D eigenvalue weighted by Gasteiger charge is -2.10. The molecule has 2 aromatic rings. The van der Waals surface area contributed by atoms with Crippen molar-refractivity contribution in [1.82, 2.24) is 0 Å². The van der Waals surface area contributed by atoms with Gasteiger partial charge in [-0.3, -0.25) is 0 Å². The van der Waals surface area contributed by atoms with Gasteiger partial charge in [0.1, 0.15) is 5.75 Å². The van der Waals surface area contributed by atoms with Crippen molar-refractivity contribution in [2.24, 2.45) is 0 Å². The summed E-state index contributed by atoms with van der Waals surface area (Å²) in [5.74, 6) is 0.716. The van der Waals surface area contributed by atoms with E-state index in [1.807, 2.05) is 31.2 Å². The van der Waals surface area contributed by atoms with Gasteiger partial charge in [0, 0.05) is 11.1 Å². The molecule has 0 unspecified atom stereocenters. The Morgan fingerprint density at radius 2 is 1.65 bits per heavy atom. The van der Waals surface area contributed by atoms with Crippen LogP contribution >= 0.6 is 0 Å². The van der Waals surface area contributed by atoms with E-state index < -0.39 is 0 Å². The van der Waals surface area contributed by atoms with Gasteiger partial charge in [0.25, 0.3) is 0 Å². The van der Waals surface area contributed by atoms with Gasteiger partial charge in [0.05, 0.1) is 29.9 Å². The predicted octanol–water partition coefficient (Wildman–Crippen LogP) is 3.89. The molecule has 0 N–H and O–H groups in total. The van der Waals surface area contributed by atoms with Crippen LogP contribution in [0, 0.1) is 22.7 Å². The monoisotopic (exact) mass is 262 g/mol. The first kappa shape index (κ1) is 13.6. The van der Waals surface area contributed by atoms with Crippen molar-refractivity contribution < 1.29 is 4.74 Å². The quantitative estimate of drug-likeness (QED) is 0.840. The molecule has 0 aliphatic rings. The standard InChI is InChI=1S/C17H14N2O/c1-2-9-20-15-8-7-14(12-19)17(10-15)16-6-4-3-5-13(16)11-18/h3-8,10H,2,9H2,1H3. The smallest absolute Gasteiger partial charge is 0.119 e. The van der Waals surface area contributed by atoms with Crippen molar-refractivity contribution in [2.75, 3.05) is 6.61 Å². The van der Waals surface area contributed by atoms with Gasteiger partial charge in [0.15, 0.2) is 0 Å². The topological polar surface area (TPSA) is 56.8 Å². The molecule has 0 spiro atoms. The summed E-state index contributed by atoms with van der Waals surface area (Å²) < 4.78 is 5.60. The van der Waals surface area contributed by atoms with E-state index in [4.69, 9.17) is 4.74 Å². The lowest BCUT2D eigenvalue weighted by Crippen LogP contribution is -1.96. The maximum atomic E-state index is 9.24. The van der Waals surface area contributed by atoms with Crippen molar-refractivity contribution in [3.8, 4) is 29.0 Å². The normalized spacial score (nSPS) is 9.55. The van der Waals surface area contributed by atoms with Gasteiger partial charge < -0.3 is 4.74 Å². The third kappa shape index (κ3) is 2.79. The molecule has 0 bridgehead atoms. The van der Waals surface area contributed by atoms with Crippen LogP contribution in [-0.4, -0.2) is 6.61 Å². The summed E-state index contributed by atoms with van der Waals surface area (Å²) >= 11 is 0. The van der Waals surface area contributed by atoms with E-state index in [0.717, 1.165) is 17.5 Å². The van der Waals surface area contributed by atoms with Crippen LogP contribution in [0.1, 0.15) is 24.5 Å². The molecule has 2 rings (SSSR count). The Hall–Kier alpha value is -2.78. The molecule has 98 valence electrons. The molecule has 0 heterocycles. The Morgan fingerprint density at radius 3 is 2.35 bits per heavy atom. The second kappa shape index (κ2) is 6.41. The highest BCUT2D eigenvalue weighted by molar-refractivity contribution is 5.76. The zero-order valence-corrected chi connectivity index (χ0v) is 11.3. The molecular weight excluding hydrogens is 248 g/mol. The highest BCUT2D eigenvalue weighted by atomic mass is 16.5. The summed E-state index contributed by atoms with van der Waals surface area (Å²) in [6.45, 7) is 2.67. The minimum atomic E-state index is 0.538. The highest BCUT2D eigenvalue weighted by Crippen LogP contribution is 2.30. The van der Waals surface area contributed by atoms with Crippen molar-refractivity contribution in [2.45, 2.75) is 13.3 Å². The summed E-state index contributed by atoms with van der Waals surface area (Å²) in [6, 6.07) is 16.9. The molecule has 0 fully saturated rings. The fourth-order valence-corrected chi connectivity index (χ4v) is 1.97. The van der Waals surface area contributed by atoms with E-state index in [2.05, 4.69) is 12.1 Å². The first-order chi connectivity index (χ1) is 9.80. The maximum absolute atomic E-state index is 9.24. The van der Waals surface area contributed by atoms with Crippen molar-refractivity contribution in [1.29, 1.82) is 10.5 Å². The summed E-state index contributed by atoms with van der Waals surface area (Å²) in [4.78, 5) is 0. The minimum absolute atomic E-state index is 0.538. The number of nitrogens with zero attached hydrogens (tertiary/aromatic N) is 2. The molecule has 0 radical (unpaired) electrons. The van der Waals surface area contributed by atoms with Crippen LogP contribution in [0.4, 0.5) is 0 Å². The average molecular weight is 262 g/mol. The largest absolute Gasteiger partial charge is 0.494 e. The maximum Gasteiger partial charge on any atom is 0.119 e. The second-order valence-electron chi connectivity index (χ2n) is 4.33. The van der Waals surface area contributed by atoms with Gasteiger partial charge in [-0.2, -0.15) is 10.5 Å². The van der Waals surface area contributed by atoms with Crippen molar-refractivity contribution in [3.63, 3.8) is 0 Å². The summed E-state index contributed by atoms with van der Waals surface area (Å²) in [6.07, 6.45) is 0.921. The first-order valence-corrected chi connectivity index (χ1v) is 6.46. The zero-order chi connectivity index (χ0) is 14.4. The van der Waals surface area contributed by atoms with Crippen LogP contribution in [0.25, 0.3) is 11.1 Å². The van der Waals surface area contributed by atoms with Crippen LogP contribution in [0.3, 0.4) is 0 Å². The molecular formula is C17H14N2O. The molecule has 0 amide bonds. The SMILES string of the molecule is CCCOc1ccc(C#N)c(-c2ccccc2C#N)c1. The van der Waals surface area contributed by atoms with E-state index in [9.17, 15) is 10.5 Å². The van der Waals surface area contributed by atoms with E-state index in [1.165, 1.54) is 0 Å². The molecule has 0 atom stereocenters. The van der Waals surface area contributed by atoms with Gasteiger partial charge >= 0.3 is 0 Å². The van der Waals surface area contributed by atoms with E-state index in [1.54, 1.807) is 18.2 Å². The Bertz CT molecular complexity index is 693. The third-order valence-electron chi connectivity index (χ3n) is 2.92. The molecule has 0 aromatic heterocycles. The summed E-state index contributed by atoms with van der Waals surface area (Å²) in [5.41, 5.74) is 2.58. The van der Waals surface area contributed by atoms with Crippen molar-refractivity contribution >= 4 is 0 Å². The molecule has 20 heavy (non-hydrogen) atoms. The van der Waals surface area contributed by atoms with E-state index >= 15 is 0 Å². The van der Waals surface area contributed by atoms with Crippen LogP contribution < -0.4 is 4.74 Å². The number of hydrogen-bond acceptors (Lipinski definition) is 3. The Morgan fingerprint density at radius 1 is 0.950 bits per heavy atom. The predicted molar refractivity (Wildman–Crippen MR) is 77.1 cm³/mol. The second-order valence-corrected chi connectivity index (χ2v) is 4.33. The first-order valence-electron chi connectivity index (χ1n) is 6.46. The molecule has 0 aliphatic carbocycles. The number of rotatable bonds is 4. The summed E-state index contributed by atoms with van der Waals surface area (Å²) in [7, 11) is 0. The molecule has 3 nitrogen and oxygen atoms in total. The van der Waals surface area contributed by atoms with E-state index in [0.29, 0.717) is 23.5 Å². The van der Waals surface area contributed by atoms with Crippen LogP contribution in [0.5, 0.6) is 5.75 Å². The van der Waals surface area contributed by atoms with Gasteiger partial charge in [-0.15, -0.1) is 0 Å². The number of ether oxygens (including phenoxy) is 1. The van der Waals surface area contributed by atoms with E-state index in [-0.39, 0.29) is 0 Å². The molecule has 0 aliphatic heterocycles. The van der Waals surface area contributed by atoms with Crippen LogP contribution in [0.15, 0.2) is 42.5 Å².